The highest BCUT2D eigenvalue weighted by atomic mass is 35.5. The molecule has 2 aliphatic heterocycles. The van der Waals surface area contributed by atoms with Gasteiger partial charge in [-0.3, -0.25) is 14.4 Å². The second-order valence-electron chi connectivity index (χ2n) is 9.03. The van der Waals surface area contributed by atoms with E-state index in [9.17, 15) is 27.6 Å². The fourth-order valence-corrected chi connectivity index (χ4v) is 6.10. The number of hydrogen-bond acceptors (Lipinski definition) is 5. The number of imide groups is 1. The molecule has 36 heavy (non-hydrogen) atoms. The second kappa shape index (κ2) is 8.36. The van der Waals surface area contributed by atoms with Crippen LogP contribution in [0.25, 0.3) is 0 Å². The maximum atomic E-state index is 14.0. The third-order valence-corrected chi connectivity index (χ3v) is 7.58. The molecule has 3 unspecified atom stereocenters. The minimum atomic E-state index is -4.89. The number of fused-ring (bicyclic) bond motifs is 1. The summed E-state index contributed by atoms with van der Waals surface area (Å²) in [6, 6.07) is 9.03. The quantitative estimate of drug-likeness (QED) is 0.541. The lowest BCUT2D eigenvalue weighted by Gasteiger charge is -2.35. The van der Waals surface area contributed by atoms with Crippen LogP contribution in [0.3, 0.4) is 0 Å². The smallest absolute Gasteiger partial charge is 0.406 e. The van der Waals surface area contributed by atoms with E-state index < -0.39 is 46.6 Å². The summed E-state index contributed by atoms with van der Waals surface area (Å²) in [4.78, 5) is 43.9. The molecule has 1 aliphatic carbocycles. The number of hydrogen-bond donors (Lipinski definition) is 0. The average Bonchev–Trinajstić information content (AvgIpc) is 3.32. The van der Waals surface area contributed by atoms with Crippen LogP contribution in [0.1, 0.15) is 12.5 Å². The van der Waals surface area contributed by atoms with Crippen LogP contribution in [0, 0.1) is 11.3 Å². The van der Waals surface area contributed by atoms with Gasteiger partial charge in [0.25, 0.3) is 0 Å². The number of benzene rings is 2. The summed E-state index contributed by atoms with van der Waals surface area (Å²) >= 11 is 12.1. The number of piperidine rings is 1. The number of carbonyl (C=O) groups is 3. The molecule has 2 heterocycles. The van der Waals surface area contributed by atoms with Crippen LogP contribution in [-0.4, -0.2) is 55.3 Å². The van der Waals surface area contributed by atoms with Crippen molar-refractivity contribution in [2.75, 3.05) is 31.2 Å². The zero-order valence-electron chi connectivity index (χ0n) is 18.8. The Morgan fingerprint density at radius 2 is 1.64 bits per heavy atom. The molecule has 0 bridgehead atoms. The van der Waals surface area contributed by atoms with Crippen molar-refractivity contribution < 1.29 is 37.0 Å². The van der Waals surface area contributed by atoms with Crippen molar-refractivity contribution in [3.8, 4) is 5.75 Å². The molecule has 2 saturated heterocycles. The third-order valence-electron chi connectivity index (χ3n) is 7.15. The van der Waals surface area contributed by atoms with Crippen molar-refractivity contribution in [1.82, 2.24) is 4.90 Å². The molecule has 5 rings (SSSR count). The predicted molar refractivity (Wildman–Crippen MR) is 123 cm³/mol. The van der Waals surface area contributed by atoms with Crippen molar-refractivity contribution in [1.29, 1.82) is 0 Å². The zero-order valence-corrected chi connectivity index (χ0v) is 20.3. The molecule has 0 aromatic heterocycles. The summed E-state index contributed by atoms with van der Waals surface area (Å²) in [6.07, 6.45) is -4.89. The minimum Gasteiger partial charge on any atom is -0.406 e. The van der Waals surface area contributed by atoms with E-state index in [0.29, 0.717) is 0 Å². The van der Waals surface area contributed by atoms with Crippen molar-refractivity contribution in [3.63, 3.8) is 0 Å². The van der Waals surface area contributed by atoms with E-state index in [1.54, 1.807) is 0 Å². The fraction of sp³-hybridized carbons (Fsp3) is 0.375. The number of anilines is 1. The molecule has 3 aliphatic rings. The molecule has 12 heteroatoms. The van der Waals surface area contributed by atoms with E-state index in [0.717, 1.165) is 17.0 Å². The molecule has 0 N–H and O–H groups in total. The molecular weight excluding hydrogens is 524 g/mol. The highest BCUT2D eigenvalue weighted by molar-refractivity contribution is 6.37. The van der Waals surface area contributed by atoms with Crippen LogP contribution < -0.4 is 9.64 Å². The minimum absolute atomic E-state index is 0.178. The van der Waals surface area contributed by atoms with E-state index in [-0.39, 0.29) is 47.6 Å². The first kappa shape index (κ1) is 24.9. The van der Waals surface area contributed by atoms with E-state index >= 15 is 0 Å². The summed E-state index contributed by atoms with van der Waals surface area (Å²) in [7, 11) is 0. The van der Waals surface area contributed by atoms with Gasteiger partial charge in [-0.15, -0.1) is 13.2 Å². The number of halogens is 5. The molecule has 2 aromatic carbocycles. The lowest BCUT2D eigenvalue weighted by Crippen LogP contribution is -2.52. The molecule has 3 amide bonds. The number of nitrogens with zero attached hydrogens (tertiary/aromatic N) is 2. The lowest BCUT2D eigenvalue weighted by molar-refractivity contribution is -0.274. The third kappa shape index (κ3) is 3.57. The first-order valence-electron chi connectivity index (χ1n) is 11.0. The maximum absolute atomic E-state index is 14.0. The number of ether oxygens (including phenoxy) is 2. The van der Waals surface area contributed by atoms with E-state index in [1.165, 1.54) is 42.2 Å². The normalized spacial score (nSPS) is 27.8. The summed E-state index contributed by atoms with van der Waals surface area (Å²) in [5.41, 5.74) is -2.63. The van der Waals surface area contributed by atoms with Crippen molar-refractivity contribution in [2.24, 2.45) is 11.3 Å². The van der Waals surface area contributed by atoms with Crippen LogP contribution in [0.15, 0.2) is 42.5 Å². The van der Waals surface area contributed by atoms with Gasteiger partial charge in [-0.05, 0) is 42.8 Å². The first-order valence-corrected chi connectivity index (χ1v) is 11.7. The van der Waals surface area contributed by atoms with Gasteiger partial charge in [0.1, 0.15) is 11.2 Å². The Hall–Kier alpha value is -2.82. The van der Waals surface area contributed by atoms with Gasteiger partial charge in [-0.2, -0.15) is 0 Å². The van der Waals surface area contributed by atoms with Crippen molar-refractivity contribution in [3.05, 3.63) is 58.1 Å². The Morgan fingerprint density at radius 1 is 1.06 bits per heavy atom. The summed E-state index contributed by atoms with van der Waals surface area (Å²) in [6.45, 7) is 2.62. The fourth-order valence-electron chi connectivity index (χ4n) is 5.59. The Labute approximate surface area is 213 Å². The topological polar surface area (TPSA) is 76.2 Å². The molecule has 0 spiro atoms. The van der Waals surface area contributed by atoms with Crippen LogP contribution >= 0.6 is 23.2 Å². The van der Waals surface area contributed by atoms with Gasteiger partial charge in [-0.1, -0.05) is 35.3 Å². The van der Waals surface area contributed by atoms with Gasteiger partial charge in [0.2, 0.25) is 17.7 Å². The standard InChI is InChI=1S/C24H19Cl2F3N2O5/c1-22-18(19(32)31(20(22)33)16-11-14(25)10-15(26)12-16)23(22,21(34)30-6-8-35-9-7-30)13-2-4-17(5-3-13)36-24(27,28)29/h2-5,10-12,18H,6-9H2,1H3. The van der Waals surface area contributed by atoms with Crippen molar-refractivity contribution >= 4 is 46.6 Å². The monoisotopic (exact) mass is 542 g/mol. The lowest BCUT2D eigenvalue weighted by atomic mass is 9.83. The van der Waals surface area contributed by atoms with Gasteiger partial charge in [-0.25, -0.2) is 4.90 Å². The second-order valence-corrected chi connectivity index (χ2v) is 9.90. The van der Waals surface area contributed by atoms with Gasteiger partial charge in [0.05, 0.1) is 30.2 Å². The Kier molecular flexibility index (Phi) is 5.77. The molecule has 1 saturated carbocycles. The number of morpholine rings is 1. The molecule has 190 valence electrons. The molecule has 7 nitrogen and oxygen atoms in total. The van der Waals surface area contributed by atoms with Gasteiger partial charge >= 0.3 is 6.36 Å². The van der Waals surface area contributed by atoms with Crippen LogP contribution in [0.4, 0.5) is 18.9 Å². The predicted octanol–water partition coefficient (Wildman–Crippen LogP) is 4.20. The van der Waals surface area contributed by atoms with E-state index in [4.69, 9.17) is 27.9 Å². The van der Waals surface area contributed by atoms with Gasteiger partial charge in [0, 0.05) is 23.1 Å². The first-order chi connectivity index (χ1) is 16.9. The van der Waals surface area contributed by atoms with Crippen LogP contribution in [0.2, 0.25) is 10.0 Å². The van der Waals surface area contributed by atoms with E-state index in [1.807, 2.05) is 0 Å². The molecule has 0 radical (unpaired) electrons. The highest BCUT2D eigenvalue weighted by Gasteiger charge is 2.90. The Morgan fingerprint density at radius 3 is 2.14 bits per heavy atom. The average molecular weight is 543 g/mol. The number of rotatable bonds is 4. The van der Waals surface area contributed by atoms with Crippen LogP contribution in [0.5, 0.6) is 5.75 Å². The maximum Gasteiger partial charge on any atom is 0.573 e. The highest BCUT2D eigenvalue weighted by Crippen LogP contribution is 2.74. The molecule has 3 atom stereocenters. The van der Waals surface area contributed by atoms with Gasteiger partial charge in [0.15, 0.2) is 0 Å². The van der Waals surface area contributed by atoms with E-state index in [2.05, 4.69) is 4.74 Å². The molecule has 3 fully saturated rings. The van der Waals surface area contributed by atoms with Crippen LogP contribution in [-0.2, 0) is 24.5 Å². The Bertz CT molecular complexity index is 1250. The van der Waals surface area contributed by atoms with Crippen molar-refractivity contribution in [2.45, 2.75) is 18.7 Å². The number of alkyl halides is 3. The summed E-state index contributed by atoms with van der Waals surface area (Å²) in [5.74, 6) is -3.23. The summed E-state index contributed by atoms with van der Waals surface area (Å²) < 4.78 is 47.3. The Balaban J connectivity index is 1.58. The molecule has 2 aromatic rings. The number of carbonyl (C=O) groups excluding carboxylic acids is 3. The number of amides is 3. The van der Waals surface area contributed by atoms with Gasteiger partial charge < -0.3 is 14.4 Å². The SMILES string of the molecule is CC12C(=O)N(c3cc(Cl)cc(Cl)c3)C(=O)C1C2(C(=O)N1CCOCC1)c1ccc(OC(F)(F)F)cc1. The summed E-state index contributed by atoms with van der Waals surface area (Å²) in [5, 5.41) is 0.444. The zero-order chi connectivity index (χ0) is 26.0. The largest absolute Gasteiger partial charge is 0.573 e. The molecular formula is C24H19Cl2F3N2O5.